The van der Waals surface area contributed by atoms with Crippen LogP contribution >= 0.6 is 12.4 Å². The molecule has 1 aliphatic rings. The molecule has 0 unspecified atom stereocenters. The number of hydrogen-bond donors (Lipinski definition) is 1. The van der Waals surface area contributed by atoms with Crippen molar-refractivity contribution in [3.63, 3.8) is 0 Å². The minimum Gasteiger partial charge on any atom is -0.330 e. The molecule has 2 heteroatoms. The molecule has 0 bridgehead atoms. The average molecular weight is 234 g/mol. The quantitative estimate of drug-likeness (QED) is 0.719. The van der Waals surface area contributed by atoms with Gasteiger partial charge in [-0.25, -0.2) is 0 Å². The van der Waals surface area contributed by atoms with Crippen molar-refractivity contribution in [3.8, 4) is 0 Å². The average Bonchev–Trinajstić information content (AvgIpc) is 2.19. The zero-order valence-electron chi connectivity index (χ0n) is 10.0. The van der Waals surface area contributed by atoms with Crippen molar-refractivity contribution in [1.29, 1.82) is 0 Å². The van der Waals surface area contributed by atoms with E-state index in [1.807, 2.05) is 0 Å². The lowest BCUT2D eigenvalue weighted by atomic mass is 9.93. The van der Waals surface area contributed by atoms with E-state index in [1.54, 1.807) is 0 Å². The van der Waals surface area contributed by atoms with Crippen LogP contribution in [0.25, 0.3) is 0 Å². The van der Waals surface area contributed by atoms with Gasteiger partial charge in [0.25, 0.3) is 0 Å². The van der Waals surface area contributed by atoms with Crippen molar-refractivity contribution in [3.05, 3.63) is 0 Å². The van der Waals surface area contributed by atoms with E-state index >= 15 is 0 Å². The van der Waals surface area contributed by atoms with Gasteiger partial charge in [0.05, 0.1) is 0 Å². The summed E-state index contributed by atoms with van der Waals surface area (Å²) in [5.41, 5.74) is 5.78. The molecule has 15 heavy (non-hydrogen) atoms. The number of hydrogen-bond acceptors (Lipinski definition) is 1. The van der Waals surface area contributed by atoms with Crippen molar-refractivity contribution >= 4 is 12.4 Å². The molecule has 0 spiro atoms. The molecule has 0 saturated heterocycles. The summed E-state index contributed by atoms with van der Waals surface area (Å²) in [7, 11) is 0. The third-order valence-electron chi connectivity index (χ3n) is 3.56. The highest BCUT2D eigenvalue weighted by atomic mass is 35.5. The van der Waals surface area contributed by atoms with Crippen molar-refractivity contribution < 1.29 is 0 Å². The Morgan fingerprint density at radius 2 is 1.00 bits per heavy atom. The SMILES string of the molecule is Cl.NCC1CCCCCCCCCCC1. The first-order chi connectivity index (χ1) is 6.93. The molecule has 0 aromatic rings. The standard InChI is InChI=1S/C13H27N.ClH/c14-12-13-10-8-6-4-2-1-3-5-7-9-11-13;/h13H,1-12,14H2;1H. The van der Waals surface area contributed by atoms with Crippen molar-refractivity contribution in [2.24, 2.45) is 11.7 Å². The molecule has 0 atom stereocenters. The van der Waals surface area contributed by atoms with Crippen LogP contribution in [-0.2, 0) is 0 Å². The number of halogens is 1. The zero-order chi connectivity index (χ0) is 10.1. The first kappa shape index (κ1) is 15.2. The van der Waals surface area contributed by atoms with Crippen LogP contribution < -0.4 is 5.73 Å². The second-order valence-corrected chi connectivity index (χ2v) is 4.86. The molecule has 1 fully saturated rings. The van der Waals surface area contributed by atoms with Crippen LogP contribution in [0.2, 0.25) is 0 Å². The van der Waals surface area contributed by atoms with Gasteiger partial charge in [0.2, 0.25) is 0 Å². The van der Waals surface area contributed by atoms with Crippen molar-refractivity contribution in [1.82, 2.24) is 0 Å². The summed E-state index contributed by atoms with van der Waals surface area (Å²) in [5.74, 6) is 0.828. The molecule has 1 saturated carbocycles. The highest BCUT2D eigenvalue weighted by molar-refractivity contribution is 5.85. The van der Waals surface area contributed by atoms with Gasteiger partial charge in [0, 0.05) is 0 Å². The third kappa shape index (κ3) is 8.10. The molecular weight excluding hydrogens is 206 g/mol. The van der Waals surface area contributed by atoms with Gasteiger partial charge in [0.1, 0.15) is 0 Å². The molecule has 1 rings (SSSR count). The van der Waals surface area contributed by atoms with E-state index in [1.165, 1.54) is 70.6 Å². The van der Waals surface area contributed by atoms with E-state index in [9.17, 15) is 0 Å². The fourth-order valence-corrected chi connectivity index (χ4v) is 2.48. The topological polar surface area (TPSA) is 26.0 Å². The molecule has 0 aromatic carbocycles. The first-order valence-electron chi connectivity index (χ1n) is 6.63. The molecule has 0 radical (unpaired) electrons. The van der Waals surface area contributed by atoms with Crippen LogP contribution in [0.5, 0.6) is 0 Å². The van der Waals surface area contributed by atoms with Gasteiger partial charge in [-0.05, 0) is 25.3 Å². The summed E-state index contributed by atoms with van der Waals surface area (Å²) in [5, 5.41) is 0. The Balaban J connectivity index is 0.00000196. The van der Waals surface area contributed by atoms with Gasteiger partial charge in [-0.15, -0.1) is 12.4 Å². The first-order valence-corrected chi connectivity index (χ1v) is 6.63. The largest absolute Gasteiger partial charge is 0.330 e. The molecule has 1 aliphatic carbocycles. The summed E-state index contributed by atoms with van der Waals surface area (Å²) in [4.78, 5) is 0. The highest BCUT2D eigenvalue weighted by Crippen LogP contribution is 2.19. The molecule has 0 heterocycles. The Kier molecular flexibility index (Phi) is 10.9. The highest BCUT2D eigenvalue weighted by Gasteiger charge is 2.06. The lowest BCUT2D eigenvalue weighted by Gasteiger charge is -2.15. The normalized spacial score (nSPS) is 22.2. The van der Waals surface area contributed by atoms with Gasteiger partial charge in [-0.3, -0.25) is 0 Å². The summed E-state index contributed by atoms with van der Waals surface area (Å²) < 4.78 is 0. The van der Waals surface area contributed by atoms with E-state index < -0.39 is 0 Å². The Morgan fingerprint density at radius 3 is 1.33 bits per heavy atom. The molecule has 0 aliphatic heterocycles. The number of rotatable bonds is 1. The second-order valence-electron chi connectivity index (χ2n) is 4.86. The van der Waals surface area contributed by atoms with E-state index in [-0.39, 0.29) is 12.4 Å². The fraction of sp³-hybridized carbons (Fsp3) is 1.00. The summed E-state index contributed by atoms with van der Waals surface area (Å²) in [6.07, 6.45) is 15.8. The summed E-state index contributed by atoms with van der Waals surface area (Å²) >= 11 is 0. The van der Waals surface area contributed by atoms with E-state index in [2.05, 4.69) is 0 Å². The smallest absolute Gasteiger partial charge is 0.00489 e. The van der Waals surface area contributed by atoms with Crippen LogP contribution in [0.15, 0.2) is 0 Å². The van der Waals surface area contributed by atoms with Gasteiger partial charge >= 0.3 is 0 Å². The minimum absolute atomic E-state index is 0. The lowest BCUT2D eigenvalue weighted by Crippen LogP contribution is -2.14. The number of nitrogens with two attached hydrogens (primary N) is 1. The summed E-state index contributed by atoms with van der Waals surface area (Å²) in [6, 6.07) is 0. The zero-order valence-corrected chi connectivity index (χ0v) is 10.9. The van der Waals surface area contributed by atoms with Gasteiger partial charge in [-0.2, -0.15) is 0 Å². The lowest BCUT2D eigenvalue weighted by molar-refractivity contribution is 0.402. The Labute approximate surface area is 102 Å². The van der Waals surface area contributed by atoms with Gasteiger partial charge in [-0.1, -0.05) is 57.8 Å². The van der Waals surface area contributed by atoms with Crippen LogP contribution in [0.4, 0.5) is 0 Å². The van der Waals surface area contributed by atoms with Gasteiger partial charge < -0.3 is 5.73 Å². The third-order valence-corrected chi connectivity index (χ3v) is 3.56. The van der Waals surface area contributed by atoms with Crippen LogP contribution in [0.3, 0.4) is 0 Å². The van der Waals surface area contributed by atoms with E-state index in [0.29, 0.717) is 0 Å². The monoisotopic (exact) mass is 233 g/mol. The van der Waals surface area contributed by atoms with Crippen molar-refractivity contribution in [2.45, 2.75) is 70.6 Å². The Bertz CT molecular complexity index is 116. The Morgan fingerprint density at radius 1 is 0.667 bits per heavy atom. The van der Waals surface area contributed by atoms with E-state index in [4.69, 9.17) is 5.73 Å². The molecule has 0 amide bonds. The maximum Gasteiger partial charge on any atom is -0.00489 e. The fourth-order valence-electron chi connectivity index (χ4n) is 2.48. The molecule has 2 N–H and O–H groups in total. The predicted molar refractivity (Wildman–Crippen MR) is 70.6 cm³/mol. The van der Waals surface area contributed by atoms with E-state index in [0.717, 1.165) is 12.5 Å². The van der Waals surface area contributed by atoms with Crippen LogP contribution in [0, 0.1) is 5.92 Å². The van der Waals surface area contributed by atoms with Gasteiger partial charge in [0.15, 0.2) is 0 Å². The Hall–Kier alpha value is 0.250. The minimum atomic E-state index is 0. The maximum atomic E-state index is 5.78. The molecule has 1 nitrogen and oxygen atoms in total. The van der Waals surface area contributed by atoms with Crippen LogP contribution in [-0.4, -0.2) is 6.54 Å². The summed E-state index contributed by atoms with van der Waals surface area (Å²) in [6.45, 7) is 0.917. The van der Waals surface area contributed by atoms with Crippen LogP contribution in [0.1, 0.15) is 70.6 Å². The van der Waals surface area contributed by atoms with Crippen molar-refractivity contribution in [2.75, 3.05) is 6.54 Å². The molecule has 92 valence electrons. The molecular formula is C13H28ClN. The molecule has 0 aromatic heterocycles. The second kappa shape index (κ2) is 10.8. The maximum absolute atomic E-state index is 5.78. The predicted octanol–water partition coefficient (Wildman–Crippen LogP) is 4.29.